The van der Waals surface area contributed by atoms with Gasteiger partial charge in [0.25, 0.3) is 6.10 Å². The van der Waals surface area contributed by atoms with E-state index in [1.54, 1.807) is 6.07 Å². The van der Waals surface area contributed by atoms with Crippen LogP contribution in [-0.4, -0.2) is 32.3 Å². The number of hydrogen-bond acceptors (Lipinski definition) is 5. The van der Waals surface area contributed by atoms with Crippen LogP contribution in [-0.2, 0) is 19.1 Å². The molecule has 5 nitrogen and oxygen atoms in total. The molecule has 0 heterocycles. The standard InChI is InChI=1S/C18H18O5/c1-12-9-10-14(13-7-5-4-6-8-13)11-15(12)23-16(17(19)21-2)18(20)22-3/h4-11,16H,1-3H3. The zero-order valence-corrected chi connectivity index (χ0v) is 13.2. The van der Waals surface area contributed by atoms with Gasteiger partial charge in [-0.15, -0.1) is 0 Å². The minimum Gasteiger partial charge on any atom is -0.467 e. The fourth-order valence-electron chi connectivity index (χ4n) is 2.07. The maximum Gasteiger partial charge on any atom is 0.359 e. The first-order valence-electron chi connectivity index (χ1n) is 7.05. The summed E-state index contributed by atoms with van der Waals surface area (Å²) in [5.74, 6) is -1.19. The predicted molar refractivity (Wildman–Crippen MR) is 85.1 cm³/mol. The van der Waals surface area contributed by atoms with Gasteiger partial charge in [-0.2, -0.15) is 0 Å². The maximum absolute atomic E-state index is 11.7. The van der Waals surface area contributed by atoms with E-state index in [1.807, 2.05) is 49.4 Å². The molecule has 0 unspecified atom stereocenters. The van der Waals surface area contributed by atoms with E-state index in [2.05, 4.69) is 9.47 Å². The molecule has 0 aliphatic heterocycles. The smallest absolute Gasteiger partial charge is 0.359 e. The van der Waals surface area contributed by atoms with E-state index in [0.29, 0.717) is 5.75 Å². The Hall–Kier alpha value is -2.82. The van der Waals surface area contributed by atoms with Crippen LogP contribution in [0.25, 0.3) is 11.1 Å². The van der Waals surface area contributed by atoms with Crippen LogP contribution in [0.2, 0.25) is 0 Å². The second-order valence-corrected chi connectivity index (χ2v) is 4.89. The molecule has 0 saturated heterocycles. The third kappa shape index (κ3) is 3.88. The van der Waals surface area contributed by atoms with Crippen LogP contribution < -0.4 is 4.74 Å². The molecule has 0 bridgehead atoms. The number of carbonyl (C=O) groups is 2. The van der Waals surface area contributed by atoms with Crippen LogP contribution in [0.5, 0.6) is 5.75 Å². The zero-order chi connectivity index (χ0) is 16.8. The van der Waals surface area contributed by atoms with Gasteiger partial charge in [0, 0.05) is 0 Å². The Morgan fingerprint density at radius 2 is 1.48 bits per heavy atom. The van der Waals surface area contributed by atoms with Gasteiger partial charge in [-0.05, 0) is 29.7 Å². The maximum atomic E-state index is 11.7. The molecule has 0 radical (unpaired) electrons. The SMILES string of the molecule is COC(=O)C(Oc1cc(-c2ccccc2)ccc1C)C(=O)OC. The van der Waals surface area contributed by atoms with Crippen molar-refractivity contribution in [1.82, 2.24) is 0 Å². The molecule has 2 aromatic carbocycles. The average Bonchev–Trinajstić information content (AvgIpc) is 2.60. The number of methoxy groups -OCH3 is 2. The second-order valence-electron chi connectivity index (χ2n) is 4.89. The third-order valence-electron chi connectivity index (χ3n) is 3.37. The van der Waals surface area contributed by atoms with Gasteiger partial charge in [-0.3, -0.25) is 0 Å². The molecular weight excluding hydrogens is 296 g/mol. The minimum atomic E-state index is -1.45. The highest BCUT2D eigenvalue weighted by molar-refractivity contribution is 5.98. The average molecular weight is 314 g/mol. The van der Waals surface area contributed by atoms with Crippen molar-refractivity contribution in [1.29, 1.82) is 0 Å². The molecule has 120 valence electrons. The summed E-state index contributed by atoms with van der Waals surface area (Å²) in [6.07, 6.45) is -1.45. The van der Waals surface area contributed by atoms with Gasteiger partial charge in [0.2, 0.25) is 0 Å². The largest absolute Gasteiger partial charge is 0.467 e. The molecular formula is C18H18O5. The normalized spacial score (nSPS) is 10.3. The summed E-state index contributed by atoms with van der Waals surface area (Å²) in [6, 6.07) is 15.3. The number of carbonyl (C=O) groups excluding carboxylic acids is 2. The molecule has 0 amide bonds. The van der Waals surface area contributed by atoms with Crippen LogP contribution in [0.4, 0.5) is 0 Å². The van der Waals surface area contributed by atoms with Crippen molar-refractivity contribution < 1.29 is 23.8 Å². The van der Waals surface area contributed by atoms with Crippen LogP contribution in [0.1, 0.15) is 5.56 Å². The van der Waals surface area contributed by atoms with Gasteiger partial charge in [-0.25, -0.2) is 9.59 Å². The Kier molecular flexibility index (Phi) is 5.36. The molecule has 0 N–H and O–H groups in total. The lowest BCUT2D eigenvalue weighted by Gasteiger charge is -2.17. The van der Waals surface area contributed by atoms with E-state index < -0.39 is 18.0 Å². The lowest BCUT2D eigenvalue weighted by atomic mass is 10.0. The molecule has 0 aliphatic carbocycles. The Bertz CT molecular complexity index is 678. The minimum absolute atomic E-state index is 0.423. The number of ether oxygens (including phenoxy) is 3. The fourth-order valence-corrected chi connectivity index (χ4v) is 2.07. The van der Waals surface area contributed by atoms with Gasteiger partial charge in [0.1, 0.15) is 5.75 Å². The van der Waals surface area contributed by atoms with E-state index in [1.165, 1.54) is 14.2 Å². The Morgan fingerprint density at radius 3 is 2.04 bits per heavy atom. The van der Waals surface area contributed by atoms with Crippen molar-refractivity contribution in [2.75, 3.05) is 14.2 Å². The van der Waals surface area contributed by atoms with Crippen molar-refractivity contribution in [3.8, 4) is 16.9 Å². The quantitative estimate of drug-likeness (QED) is 0.627. The lowest BCUT2D eigenvalue weighted by molar-refractivity contribution is -0.163. The van der Waals surface area contributed by atoms with E-state index in [9.17, 15) is 9.59 Å². The van der Waals surface area contributed by atoms with Crippen LogP contribution in [0.3, 0.4) is 0 Å². The van der Waals surface area contributed by atoms with Crippen LogP contribution in [0, 0.1) is 6.92 Å². The molecule has 2 aromatic rings. The monoisotopic (exact) mass is 314 g/mol. The van der Waals surface area contributed by atoms with Gasteiger partial charge < -0.3 is 14.2 Å². The van der Waals surface area contributed by atoms with Crippen molar-refractivity contribution in [3.63, 3.8) is 0 Å². The van der Waals surface area contributed by atoms with E-state index in [4.69, 9.17) is 4.74 Å². The summed E-state index contributed by atoms with van der Waals surface area (Å²) in [5.41, 5.74) is 2.72. The highest BCUT2D eigenvalue weighted by Gasteiger charge is 2.31. The second kappa shape index (κ2) is 7.45. The van der Waals surface area contributed by atoms with Crippen molar-refractivity contribution in [3.05, 3.63) is 54.1 Å². The molecule has 0 spiro atoms. The summed E-state index contributed by atoms with van der Waals surface area (Å²) < 4.78 is 14.8. The predicted octanol–water partition coefficient (Wildman–Crippen LogP) is 2.76. The molecule has 0 aromatic heterocycles. The fraction of sp³-hybridized carbons (Fsp3) is 0.222. The van der Waals surface area contributed by atoms with Crippen molar-refractivity contribution in [2.45, 2.75) is 13.0 Å². The first kappa shape index (κ1) is 16.5. The molecule has 0 fully saturated rings. The molecule has 0 atom stereocenters. The van der Waals surface area contributed by atoms with Gasteiger partial charge in [0.05, 0.1) is 14.2 Å². The first-order chi connectivity index (χ1) is 11.1. The molecule has 23 heavy (non-hydrogen) atoms. The molecule has 2 rings (SSSR count). The number of esters is 2. The number of rotatable bonds is 5. The van der Waals surface area contributed by atoms with E-state index in [0.717, 1.165) is 16.7 Å². The van der Waals surface area contributed by atoms with Gasteiger partial charge in [0.15, 0.2) is 0 Å². The summed E-state index contributed by atoms with van der Waals surface area (Å²) in [4.78, 5) is 23.5. The topological polar surface area (TPSA) is 61.8 Å². The molecule has 5 heteroatoms. The van der Waals surface area contributed by atoms with E-state index >= 15 is 0 Å². The summed E-state index contributed by atoms with van der Waals surface area (Å²) in [6.45, 7) is 1.83. The molecule has 0 aliphatic rings. The first-order valence-corrected chi connectivity index (χ1v) is 7.05. The Labute approximate surface area is 134 Å². The van der Waals surface area contributed by atoms with Gasteiger partial charge >= 0.3 is 11.9 Å². The van der Waals surface area contributed by atoms with Crippen LogP contribution in [0.15, 0.2) is 48.5 Å². The number of aryl methyl sites for hydroxylation is 1. The summed E-state index contributed by atoms with van der Waals surface area (Å²) in [7, 11) is 2.38. The highest BCUT2D eigenvalue weighted by atomic mass is 16.6. The number of hydrogen-bond donors (Lipinski definition) is 0. The molecule has 0 saturated carbocycles. The van der Waals surface area contributed by atoms with Gasteiger partial charge in [-0.1, -0.05) is 42.5 Å². The summed E-state index contributed by atoms with van der Waals surface area (Å²) in [5, 5.41) is 0. The Balaban J connectivity index is 2.34. The lowest BCUT2D eigenvalue weighted by Crippen LogP contribution is -2.37. The zero-order valence-electron chi connectivity index (χ0n) is 13.2. The van der Waals surface area contributed by atoms with E-state index in [-0.39, 0.29) is 0 Å². The Morgan fingerprint density at radius 1 is 0.870 bits per heavy atom. The third-order valence-corrected chi connectivity index (χ3v) is 3.37. The highest BCUT2D eigenvalue weighted by Crippen LogP contribution is 2.27. The van der Waals surface area contributed by atoms with Crippen molar-refractivity contribution in [2.24, 2.45) is 0 Å². The van der Waals surface area contributed by atoms with Crippen molar-refractivity contribution >= 4 is 11.9 Å². The number of benzene rings is 2. The van der Waals surface area contributed by atoms with Crippen LogP contribution >= 0.6 is 0 Å². The summed E-state index contributed by atoms with van der Waals surface area (Å²) >= 11 is 0.